The molecule has 1 unspecified atom stereocenters. The van der Waals surface area contributed by atoms with Crippen LogP contribution in [0.3, 0.4) is 0 Å². The van der Waals surface area contributed by atoms with Crippen molar-refractivity contribution in [2.75, 3.05) is 5.75 Å². The zero-order chi connectivity index (χ0) is 14.5. The van der Waals surface area contributed by atoms with Crippen molar-refractivity contribution in [2.45, 2.75) is 18.2 Å². The normalized spacial score (nSPS) is 12.1. The average molecular weight is 291 g/mol. The molecule has 0 saturated carbocycles. The maximum atomic E-state index is 10.7. The van der Waals surface area contributed by atoms with E-state index in [-0.39, 0.29) is 5.69 Å². The van der Waals surface area contributed by atoms with E-state index < -0.39 is 11.0 Å². The summed E-state index contributed by atoms with van der Waals surface area (Å²) in [5, 5.41) is 21.3. The molecule has 1 heterocycles. The van der Waals surface area contributed by atoms with Crippen LogP contribution in [0.15, 0.2) is 41.8 Å². The minimum atomic E-state index is -0.801. The molecule has 0 fully saturated rings. The molecule has 20 heavy (non-hydrogen) atoms. The van der Waals surface area contributed by atoms with Crippen molar-refractivity contribution < 1.29 is 10.0 Å². The Morgan fingerprint density at radius 2 is 2.10 bits per heavy atom. The number of rotatable bonds is 5. The van der Waals surface area contributed by atoms with Crippen molar-refractivity contribution >= 4 is 17.4 Å². The van der Waals surface area contributed by atoms with E-state index in [9.17, 15) is 15.2 Å². The quantitative estimate of drug-likeness (QED) is 0.394. The third-order valence-corrected chi connectivity index (χ3v) is 3.54. The summed E-state index contributed by atoms with van der Waals surface area (Å²) in [5.74, 6) is 0.338. The fourth-order valence-electron chi connectivity index (χ4n) is 1.55. The average Bonchev–Trinajstić information content (AvgIpc) is 2.46. The summed E-state index contributed by atoms with van der Waals surface area (Å²) in [4.78, 5) is 18.5. The molecular formula is C13H13N3O3S. The molecule has 1 aromatic carbocycles. The number of non-ortho nitro benzene ring substituents is 1. The Balaban J connectivity index is 2.01. The predicted octanol–water partition coefficient (Wildman–Crippen LogP) is 2.52. The SMILES string of the molecule is Cc1cnc(SCC(O)c2cccc([N+](=O)[O-])c2)nc1. The topological polar surface area (TPSA) is 89.2 Å². The number of nitro groups is 1. The molecular weight excluding hydrogens is 278 g/mol. The lowest BCUT2D eigenvalue weighted by atomic mass is 10.1. The van der Waals surface area contributed by atoms with E-state index in [0.29, 0.717) is 16.5 Å². The molecule has 0 spiro atoms. The van der Waals surface area contributed by atoms with E-state index in [4.69, 9.17) is 0 Å². The smallest absolute Gasteiger partial charge is 0.269 e. The van der Waals surface area contributed by atoms with Crippen LogP contribution < -0.4 is 0 Å². The predicted molar refractivity (Wildman–Crippen MR) is 75.5 cm³/mol. The summed E-state index contributed by atoms with van der Waals surface area (Å²) in [5.41, 5.74) is 1.45. The molecule has 2 rings (SSSR count). The maximum absolute atomic E-state index is 10.7. The molecule has 0 radical (unpaired) electrons. The molecule has 1 N–H and O–H groups in total. The van der Waals surface area contributed by atoms with Gasteiger partial charge in [-0.25, -0.2) is 9.97 Å². The largest absolute Gasteiger partial charge is 0.388 e. The van der Waals surface area contributed by atoms with Gasteiger partial charge in [0.15, 0.2) is 5.16 Å². The van der Waals surface area contributed by atoms with Crippen LogP contribution in [0.1, 0.15) is 17.2 Å². The highest BCUT2D eigenvalue weighted by atomic mass is 32.2. The third kappa shape index (κ3) is 3.75. The standard InChI is InChI=1S/C13H13N3O3S/c1-9-6-14-13(15-7-9)20-8-12(17)10-3-2-4-11(5-10)16(18)19/h2-7,12,17H,8H2,1H3. The van der Waals surface area contributed by atoms with Crippen molar-refractivity contribution in [3.05, 3.63) is 57.9 Å². The van der Waals surface area contributed by atoms with Gasteiger partial charge in [0, 0.05) is 30.3 Å². The molecule has 0 aliphatic rings. The molecule has 104 valence electrons. The number of nitrogens with zero attached hydrogens (tertiary/aromatic N) is 3. The second-order valence-electron chi connectivity index (χ2n) is 4.22. The van der Waals surface area contributed by atoms with Gasteiger partial charge in [0.2, 0.25) is 0 Å². The lowest BCUT2D eigenvalue weighted by Gasteiger charge is -2.09. The Kier molecular flexibility index (Phi) is 4.65. The Morgan fingerprint density at radius 3 is 2.75 bits per heavy atom. The van der Waals surface area contributed by atoms with E-state index in [1.807, 2.05) is 6.92 Å². The Morgan fingerprint density at radius 1 is 1.40 bits per heavy atom. The lowest BCUT2D eigenvalue weighted by molar-refractivity contribution is -0.385. The number of thioether (sulfide) groups is 1. The highest BCUT2D eigenvalue weighted by Gasteiger charge is 2.13. The fraction of sp³-hybridized carbons (Fsp3) is 0.231. The molecule has 6 nitrogen and oxygen atoms in total. The van der Waals surface area contributed by atoms with Gasteiger partial charge in [-0.1, -0.05) is 23.9 Å². The lowest BCUT2D eigenvalue weighted by Crippen LogP contribution is -2.02. The molecule has 0 saturated heterocycles. The van der Waals surface area contributed by atoms with Gasteiger partial charge >= 0.3 is 0 Å². The molecule has 2 aromatic rings. The van der Waals surface area contributed by atoms with Crippen molar-refractivity contribution in [2.24, 2.45) is 0 Å². The number of nitro benzene ring substituents is 1. The Labute approximate surface area is 120 Å². The first-order valence-corrected chi connectivity index (χ1v) is 6.88. The summed E-state index contributed by atoms with van der Waals surface area (Å²) in [6, 6.07) is 5.99. The molecule has 0 amide bonds. The highest BCUT2D eigenvalue weighted by Crippen LogP contribution is 2.24. The summed E-state index contributed by atoms with van der Waals surface area (Å²) in [6.07, 6.45) is 2.61. The molecule has 0 bridgehead atoms. The van der Waals surface area contributed by atoms with E-state index in [1.165, 1.54) is 23.9 Å². The minimum Gasteiger partial charge on any atom is -0.388 e. The van der Waals surface area contributed by atoms with Gasteiger partial charge in [0.1, 0.15) is 0 Å². The first-order chi connectivity index (χ1) is 9.56. The van der Waals surface area contributed by atoms with Gasteiger partial charge in [0.05, 0.1) is 11.0 Å². The van der Waals surface area contributed by atoms with Crippen LogP contribution in [0.25, 0.3) is 0 Å². The van der Waals surface area contributed by atoms with E-state index >= 15 is 0 Å². The highest BCUT2D eigenvalue weighted by molar-refractivity contribution is 7.99. The Bertz CT molecular complexity index is 604. The first-order valence-electron chi connectivity index (χ1n) is 5.90. The number of benzene rings is 1. The van der Waals surface area contributed by atoms with Crippen LogP contribution in [-0.4, -0.2) is 25.8 Å². The van der Waals surface area contributed by atoms with Crippen molar-refractivity contribution in [1.29, 1.82) is 0 Å². The molecule has 1 atom stereocenters. The number of aromatic nitrogens is 2. The van der Waals surface area contributed by atoms with Gasteiger partial charge in [0.25, 0.3) is 5.69 Å². The fourth-order valence-corrected chi connectivity index (χ4v) is 2.30. The summed E-state index contributed by atoms with van der Waals surface area (Å²) in [7, 11) is 0. The van der Waals surface area contributed by atoms with Crippen molar-refractivity contribution in [3.63, 3.8) is 0 Å². The number of hydrogen-bond acceptors (Lipinski definition) is 6. The van der Waals surface area contributed by atoms with Crippen molar-refractivity contribution in [3.8, 4) is 0 Å². The summed E-state index contributed by atoms with van der Waals surface area (Å²) >= 11 is 1.30. The van der Waals surface area contributed by atoms with Crippen LogP contribution >= 0.6 is 11.8 Å². The number of aliphatic hydroxyl groups is 1. The van der Waals surface area contributed by atoms with E-state index in [0.717, 1.165) is 5.56 Å². The van der Waals surface area contributed by atoms with E-state index in [2.05, 4.69) is 9.97 Å². The van der Waals surface area contributed by atoms with Gasteiger partial charge in [-0.3, -0.25) is 10.1 Å². The van der Waals surface area contributed by atoms with Crippen LogP contribution in [-0.2, 0) is 0 Å². The van der Waals surface area contributed by atoms with Crippen molar-refractivity contribution in [1.82, 2.24) is 9.97 Å². The summed E-state index contributed by atoms with van der Waals surface area (Å²) in [6.45, 7) is 1.90. The Hall–Kier alpha value is -1.99. The maximum Gasteiger partial charge on any atom is 0.269 e. The molecule has 1 aromatic heterocycles. The van der Waals surface area contributed by atoms with Gasteiger partial charge in [-0.05, 0) is 18.1 Å². The molecule has 0 aliphatic heterocycles. The van der Waals surface area contributed by atoms with Crippen LogP contribution in [0, 0.1) is 17.0 Å². The van der Waals surface area contributed by atoms with E-state index in [1.54, 1.807) is 24.5 Å². The van der Waals surface area contributed by atoms with Crippen LogP contribution in [0.4, 0.5) is 5.69 Å². The second-order valence-corrected chi connectivity index (χ2v) is 5.21. The number of aryl methyl sites for hydroxylation is 1. The van der Waals surface area contributed by atoms with Gasteiger partial charge in [-0.15, -0.1) is 0 Å². The van der Waals surface area contributed by atoms with Gasteiger partial charge in [-0.2, -0.15) is 0 Å². The molecule has 7 heteroatoms. The minimum absolute atomic E-state index is 0.0295. The first kappa shape index (κ1) is 14.4. The van der Waals surface area contributed by atoms with Crippen LogP contribution in [0.5, 0.6) is 0 Å². The third-order valence-electron chi connectivity index (χ3n) is 2.59. The number of aliphatic hydroxyl groups excluding tert-OH is 1. The zero-order valence-corrected chi connectivity index (χ0v) is 11.6. The molecule has 0 aliphatic carbocycles. The number of hydrogen-bond donors (Lipinski definition) is 1. The monoisotopic (exact) mass is 291 g/mol. The zero-order valence-electron chi connectivity index (χ0n) is 10.8. The summed E-state index contributed by atoms with van der Waals surface area (Å²) < 4.78 is 0. The van der Waals surface area contributed by atoms with Gasteiger partial charge < -0.3 is 5.11 Å². The van der Waals surface area contributed by atoms with Crippen LogP contribution in [0.2, 0.25) is 0 Å². The second kappa shape index (κ2) is 6.44.